The maximum absolute atomic E-state index is 7.55. The van der Waals surface area contributed by atoms with Crippen LogP contribution in [-0.4, -0.2) is 21.8 Å². The van der Waals surface area contributed by atoms with Crippen molar-refractivity contribution in [2.75, 3.05) is 6.61 Å². The van der Waals surface area contributed by atoms with E-state index in [0.717, 1.165) is 6.42 Å². The zero-order chi connectivity index (χ0) is 21.0. The van der Waals surface area contributed by atoms with Gasteiger partial charge in [0.25, 0.3) is 0 Å². The van der Waals surface area contributed by atoms with E-state index in [1.807, 2.05) is 0 Å². The summed E-state index contributed by atoms with van der Waals surface area (Å²) < 4.78 is 18.7. The van der Waals surface area contributed by atoms with Crippen LogP contribution in [0.25, 0.3) is 11.1 Å². The molecule has 0 radical (unpaired) electrons. The topological polar surface area (TPSA) is 18.5 Å². The molecule has 0 amide bonds. The second-order valence-electron chi connectivity index (χ2n) is 10.2. The molecule has 2 nitrogen and oxygen atoms in total. The van der Waals surface area contributed by atoms with Gasteiger partial charge in [0.15, 0.2) is 0 Å². The molecule has 0 saturated carbocycles. The van der Waals surface area contributed by atoms with Crippen molar-refractivity contribution >= 4 is 40.0 Å². The molecule has 0 bridgehead atoms. The van der Waals surface area contributed by atoms with Crippen LogP contribution in [-0.2, 0) is 22.1 Å². The standard InChI is InChI=1S/C13H9.C5H5.C3H9OSi.C2H5O.CH3.2ClH.H2Si.Zr/c1-3-7-12-10(5-1)9-11-6-2-4-8-13(11)12;1-2-4-5-3-1;1-5(2,3)4;1-2-3;;;;;/h1-9H;1-3H,4H2;1-3H3;2H2,1H3;1H3;2*1H;1H2;/q;;2*-1;;;;;+2. The van der Waals surface area contributed by atoms with Gasteiger partial charge in [-0.05, 0) is 0 Å². The average molecular weight is 574 g/mol. The molecule has 7 heteroatoms. The van der Waals surface area contributed by atoms with Gasteiger partial charge in [-0.3, -0.25) is 0 Å². The predicted octanol–water partition coefficient (Wildman–Crippen LogP) is 6.98. The van der Waals surface area contributed by atoms with Gasteiger partial charge in [0.05, 0.1) is 0 Å². The van der Waals surface area contributed by atoms with Crippen LogP contribution in [0.4, 0.5) is 0 Å². The van der Waals surface area contributed by atoms with Crippen LogP contribution in [0, 0.1) is 0 Å². The summed E-state index contributed by atoms with van der Waals surface area (Å²) in [7, 11) is -1.95. The first-order chi connectivity index (χ1) is 13.5. The molecule has 169 valence electrons. The summed E-state index contributed by atoms with van der Waals surface area (Å²) >= 11 is -5.02. The Bertz CT molecular complexity index is 1110. The molecule has 2 aliphatic rings. The molecule has 0 spiro atoms. The van der Waals surface area contributed by atoms with Crippen molar-refractivity contribution in [2.24, 2.45) is 0 Å². The van der Waals surface area contributed by atoms with E-state index in [4.69, 9.17) is 5.32 Å². The molecule has 0 saturated heterocycles. The van der Waals surface area contributed by atoms with Crippen LogP contribution in [0.3, 0.4) is 0 Å². The van der Waals surface area contributed by atoms with Crippen molar-refractivity contribution in [2.45, 2.75) is 41.2 Å². The normalized spacial score (nSPS) is 17.5. The molecule has 0 N–H and O–H groups in total. The zero-order valence-corrected chi connectivity index (χ0v) is 25.7. The van der Waals surface area contributed by atoms with Crippen molar-refractivity contribution in [1.29, 1.82) is 0 Å². The number of fused-ring (bicyclic) bond motifs is 3. The van der Waals surface area contributed by atoms with Gasteiger partial charge in [0.1, 0.15) is 0 Å². The van der Waals surface area contributed by atoms with E-state index in [2.05, 4.69) is 105 Å². The summed E-state index contributed by atoms with van der Waals surface area (Å²) in [4.78, 5) is 0. The summed E-state index contributed by atoms with van der Waals surface area (Å²) in [5, 5.41) is 0. The molecule has 31 heavy (non-hydrogen) atoms. The fraction of sp³-hybridized carbons (Fsp3) is 0.333. The Hall–Kier alpha value is -0.263. The third-order valence-corrected chi connectivity index (χ3v) is 40.8. The van der Waals surface area contributed by atoms with Gasteiger partial charge in [-0.1, -0.05) is 0 Å². The fourth-order valence-electron chi connectivity index (χ4n) is 6.07. The third-order valence-electron chi connectivity index (χ3n) is 6.71. The maximum Gasteiger partial charge on any atom is -0.147 e. The van der Waals surface area contributed by atoms with E-state index in [1.54, 1.807) is 0 Å². The van der Waals surface area contributed by atoms with Crippen molar-refractivity contribution < 1.29 is 22.1 Å². The SMILES string of the molecule is CC[O][Zr]([CH3])(=[SiH2])([O][Si](C)(C)C)([C]1=CC=CC1)[CH]1c2ccccc2-c2ccccc21.Cl.Cl. The molecule has 0 unspecified atom stereocenters. The van der Waals surface area contributed by atoms with E-state index >= 15 is 0 Å². The number of hydrogen-bond acceptors (Lipinski definition) is 2. The first-order valence-electron chi connectivity index (χ1n) is 10.7. The maximum atomic E-state index is 7.55. The Kier molecular flexibility index (Phi) is 7.40. The summed E-state index contributed by atoms with van der Waals surface area (Å²) in [6.45, 7) is 11.9. The van der Waals surface area contributed by atoms with Crippen LogP contribution in [0.1, 0.15) is 28.1 Å². The molecule has 0 aromatic heterocycles. The average Bonchev–Trinajstić information content (AvgIpc) is 3.28. The summed E-state index contributed by atoms with van der Waals surface area (Å²) in [5.41, 5.74) is 5.43. The molecule has 4 rings (SSSR count). The van der Waals surface area contributed by atoms with Gasteiger partial charge >= 0.3 is 177 Å². The number of halogens is 2. The van der Waals surface area contributed by atoms with Crippen LogP contribution >= 0.6 is 24.8 Å². The number of hydrogen-bond donors (Lipinski definition) is 0. The molecular formula is C24H35Cl2O2Si2Zr. The third kappa shape index (κ3) is 4.10. The predicted molar refractivity (Wildman–Crippen MR) is 141 cm³/mol. The van der Waals surface area contributed by atoms with Crippen LogP contribution in [0.15, 0.2) is 70.0 Å². The van der Waals surface area contributed by atoms with Gasteiger partial charge in [-0.2, -0.15) is 0 Å². The number of allylic oxidation sites excluding steroid dienone is 4. The quantitative estimate of drug-likeness (QED) is 0.347. The van der Waals surface area contributed by atoms with Crippen molar-refractivity contribution in [1.82, 2.24) is 0 Å². The van der Waals surface area contributed by atoms with Crippen molar-refractivity contribution in [3.8, 4) is 11.1 Å². The van der Waals surface area contributed by atoms with Gasteiger partial charge in [0, 0.05) is 0 Å². The second kappa shape index (κ2) is 8.50. The Morgan fingerprint density at radius 1 is 0.968 bits per heavy atom. The first-order valence-corrected chi connectivity index (χ1v) is 27.1. The summed E-state index contributed by atoms with van der Waals surface area (Å²) in [6.07, 6.45) is 7.70. The van der Waals surface area contributed by atoms with Crippen molar-refractivity contribution in [3.05, 3.63) is 81.2 Å². The number of benzene rings is 2. The molecular weight excluding hydrogens is 539 g/mol. The molecule has 2 aliphatic carbocycles. The van der Waals surface area contributed by atoms with Gasteiger partial charge < -0.3 is 0 Å². The summed E-state index contributed by atoms with van der Waals surface area (Å²) in [5.74, 6) is 0. The smallest absolute Gasteiger partial charge is 0.147 e. The molecule has 0 fully saturated rings. The molecule has 0 aliphatic heterocycles. The zero-order valence-electron chi connectivity index (χ0n) is 19.2. The summed E-state index contributed by atoms with van der Waals surface area (Å²) in [6, 6.07) is 17.8. The van der Waals surface area contributed by atoms with Gasteiger partial charge in [-0.15, -0.1) is 24.8 Å². The van der Waals surface area contributed by atoms with E-state index in [-0.39, 0.29) is 28.4 Å². The van der Waals surface area contributed by atoms with Crippen LogP contribution in [0.5, 0.6) is 0 Å². The molecule has 2 aromatic carbocycles. The Labute approximate surface area is 200 Å². The Balaban J connectivity index is 0.00000171. The largest absolute Gasteiger partial charge is 0.147 e. The molecule has 0 heterocycles. The molecule has 0 atom stereocenters. The number of rotatable bonds is 6. The minimum absolute atomic E-state index is 0. The first kappa shape index (κ1) is 27.0. The van der Waals surface area contributed by atoms with Crippen LogP contribution in [0.2, 0.25) is 24.3 Å². The minimum atomic E-state index is -5.02. The Morgan fingerprint density at radius 3 is 1.90 bits per heavy atom. The fourth-order valence-corrected chi connectivity index (χ4v) is 51.3. The van der Waals surface area contributed by atoms with Gasteiger partial charge in [-0.25, -0.2) is 0 Å². The monoisotopic (exact) mass is 571 g/mol. The van der Waals surface area contributed by atoms with E-state index in [0.29, 0.717) is 6.61 Å². The van der Waals surface area contributed by atoms with Crippen LogP contribution < -0.4 is 0 Å². The van der Waals surface area contributed by atoms with Crippen molar-refractivity contribution in [3.63, 3.8) is 0 Å². The van der Waals surface area contributed by atoms with E-state index in [9.17, 15) is 0 Å². The molecule has 2 aromatic rings. The van der Waals surface area contributed by atoms with E-state index < -0.39 is 25.1 Å². The Morgan fingerprint density at radius 2 is 1.48 bits per heavy atom. The second-order valence-corrected chi connectivity index (χ2v) is 44.9. The minimum Gasteiger partial charge on any atom is -0.147 e. The van der Waals surface area contributed by atoms with Gasteiger partial charge in [0.2, 0.25) is 0 Å². The van der Waals surface area contributed by atoms with E-state index in [1.165, 1.54) is 25.5 Å².